The minimum absolute atomic E-state index is 0.0960. The number of carbonyl (C=O) groups excluding carboxylic acids is 2. The number of hydrogen-bond acceptors (Lipinski definition) is 4. The summed E-state index contributed by atoms with van der Waals surface area (Å²) in [6.07, 6.45) is 1.35. The van der Waals surface area contributed by atoms with Crippen LogP contribution in [0.15, 0.2) is 0 Å². The van der Waals surface area contributed by atoms with Crippen molar-refractivity contribution in [3.63, 3.8) is 0 Å². The van der Waals surface area contributed by atoms with Crippen LogP contribution in [0.3, 0.4) is 0 Å². The fourth-order valence-electron chi connectivity index (χ4n) is 1.67. The number of nitrogens with one attached hydrogen (secondary N) is 1. The second kappa shape index (κ2) is 3.96. The van der Waals surface area contributed by atoms with Crippen LogP contribution in [0.1, 0.15) is 19.8 Å². The Balaban J connectivity index is 2.63. The highest BCUT2D eigenvalue weighted by atomic mass is 16.5. The lowest BCUT2D eigenvalue weighted by Gasteiger charge is -2.44. The van der Waals surface area contributed by atoms with Crippen molar-refractivity contribution >= 4 is 11.9 Å². The van der Waals surface area contributed by atoms with Gasteiger partial charge in [0.1, 0.15) is 6.04 Å². The second-order valence-electron chi connectivity index (χ2n) is 3.74. The molecule has 0 aromatic rings. The van der Waals surface area contributed by atoms with Gasteiger partial charge in [0.25, 0.3) is 0 Å². The van der Waals surface area contributed by atoms with Gasteiger partial charge < -0.3 is 15.8 Å². The number of β-lactam (4-membered cyclic amide) rings is 1. The van der Waals surface area contributed by atoms with Crippen LogP contribution in [-0.4, -0.2) is 31.6 Å². The maximum absolute atomic E-state index is 11.3. The molecule has 1 fully saturated rings. The molecule has 5 nitrogen and oxygen atoms in total. The summed E-state index contributed by atoms with van der Waals surface area (Å²) in [5.41, 5.74) is 4.73. The van der Waals surface area contributed by atoms with Gasteiger partial charge in [-0.05, 0) is 26.3 Å². The van der Waals surface area contributed by atoms with Crippen LogP contribution in [-0.2, 0) is 14.3 Å². The molecule has 3 N–H and O–H groups in total. The van der Waals surface area contributed by atoms with Crippen molar-refractivity contribution in [3.05, 3.63) is 0 Å². The van der Waals surface area contributed by atoms with E-state index < -0.39 is 11.5 Å². The van der Waals surface area contributed by atoms with E-state index in [0.29, 0.717) is 13.0 Å². The van der Waals surface area contributed by atoms with E-state index in [9.17, 15) is 9.59 Å². The summed E-state index contributed by atoms with van der Waals surface area (Å²) in [6, 6.07) is -0.508. The summed E-state index contributed by atoms with van der Waals surface area (Å²) in [4.78, 5) is 22.6. The van der Waals surface area contributed by atoms with E-state index >= 15 is 0 Å². The largest absolute Gasteiger partial charge is 0.467 e. The Kier molecular flexibility index (Phi) is 3.10. The molecule has 0 aliphatic carbocycles. The Labute approximate surface area is 83.0 Å². The molecule has 0 aromatic heterocycles. The van der Waals surface area contributed by atoms with Gasteiger partial charge in [0, 0.05) is 0 Å². The summed E-state index contributed by atoms with van der Waals surface area (Å²) in [7, 11) is 1.32. The zero-order valence-electron chi connectivity index (χ0n) is 8.50. The van der Waals surface area contributed by atoms with Crippen molar-refractivity contribution in [2.75, 3.05) is 13.7 Å². The minimum atomic E-state index is -0.632. The highest BCUT2D eigenvalue weighted by Crippen LogP contribution is 2.35. The summed E-state index contributed by atoms with van der Waals surface area (Å²) in [6.45, 7) is 2.29. The molecule has 1 amide bonds. The molecule has 14 heavy (non-hydrogen) atoms. The Morgan fingerprint density at radius 1 is 1.71 bits per heavy atom. The molecule has 1 aliphatic rings. The summed E-state index contributed by atoms with van der Waals surface area (Å²) < 4.78 is 4.59. The van der Waals surface area contributed by atoms with E-state index in [2.05, 4.69) is 10.1 Å². The summed E-state index contributed by atoms with van der Waals surface area (Å²) in [5, 5.41) is 2.54. The van der Waals surface area contributed by atoms with Gasteiger partial charge >= 0.3 is 5.97 Å². The third-order valence-electron chi connectivity index (χ3n) is 2.77. The van der Waals surface area contributed by atoms with Crippen LogP contribution in [0.4, 0.5) is 0 Å². The fraction of sp³-hybridized carbons (Fsp3) is 0.778. The second-order valence-corrected chi connectivity index (χ2v) is 3.74. The van der Waals surface area contributed by atoms with E-state index in [4.69, 9.17) is 5.73 Å². The van der Waals surface area contributed by atoms with Crippen molar-refractivity contribution in [2.45, 2.75) is 25.8 Å². The van der Waals surface area contributed by atoms with Gasteiger partial charge in [0.05, 0.1) is 12.5 Å². The average Bonchev–Trinajstić information content (AvgIpc) is 2.21. The standard InChI is InChI=1S/C9H16N2O3/c1-9(4-3-5-10)6(7(12)14-2)11-8(9)13/h6H,3-5,10H2,1-2H3,(H,11,13)/t6?,9-/m1/s1. The molecule has 2 atom stereocenters. The van der Waals surface area contributed by atoms with E-state index in [1.807, 2.05) is 0 Å². The highest BCUT2D eigenvalue weighted by Gasteiger charge is 2.54. The predicted octanol–water partition coefficient (Wildman–Crippen LogP) is -0.597. The van der Waals surface area contributed by atoms with Crippen LogP contribution >= 0.6 is 0 Å². The molecule has 1 heterocycles. The molecule has 1 aliphatic heterocycles. The number of nitrogens with two attached hydrogens (primary N) is 1. The Morgan fingerprint density at radius 3 is 2.79 bits per heavy atom. The third kappa shape index (κ3) is 1.59. The van der Waals surface area contributed by atoms with Crippen molar-refractivity contribution < 1.29 is 14.3 Å². The molecule has 0 radical (unpaired) electrons. The van der Waals surface area contributed by atoms with Crippen molar-refractivity contribution in [1.29, 1.82) is 0 Å². The highest BCUT2D eigenvalue weighted by molar-refractivity contribution is 6.00. The zero-order valence-corrected chi connectivity index (χ0v) is 8.50. The molecule has 0 bridgehead atoms. The molecule has 0 aromatic carbocycles. The van der Waals surface area contributed by atoms with Gasteiger partial charge in [-0.25, -0.2) is 4.79 Å². The van der Waals surface area contributed by atoms with E-state index in [-0.39, 0.29) is 11.9 Å². The van der Waals surface area contributed by atoms with Crippen LogP contribution in [0, 0.1) is 5.41 Å². The molecule has 1 saturated heterocycles. The molecule has 1 rings (SSSR count). The number of rotatable bonds is 4. The first-order valence-electron chi connectivity index (χ1n) is 4.65. The van der Waals surface area contributed by atoms with Gasteiger partial charge in [-0.15, -0.1) is 0 Å². The Bertz CT molecular complexity index is 254. The first-order valence-corrected chi connectivity index (χ1v) is 4.65. The lowest BCUT2D eigenvalue weighted by molar-refractivity contribution is -0.163. The predicted molar refractivity (Wildman–Crippen MR) is 50.3 cm³/mol. The maximum atomic E-state index is 11.3. The zero-order chi connectivity index (χ0) is 10.8. The van der Waals surface area contributed by atoms with Gasteiger partial charge in [-0.3, -0.25) is 4.79 Å². The SMILES string of the molecule is COC(=O)C1NC(=O)[C@]1(C)CCCN. The molecular weight excluding hydrogens is 184 g/mol. The number of esters is 1. The van der Waals surface area contributed by atoms with Crippen molar-refractivity contribution in [1.82, 2.24) is 5.32 Å². The molecule has 0 saturated carbocycles. The van der Waals surface area contributed by atoms with Crippen molar-refractivity contribution in [3.8, 4) is 0 Å². The summed E-state index contributed by atoms with van der Waals surface area (Å²) >= 11 is 0. The number of ether oxygens (including phenoxy) is 1. The van der Waals surface area contributed by atoms with Crippen LogP contribution in [0.5, 0.6) is 0 Å². The Hall–Kier alpha value is -1.10. The number of hydrogen-bond donors (Lipinski definition) is 2. The van der Waals surface area contributed by atoms with Gasteiger partial charge in [-0.1, -0.05) is 0 Å². The van der Waals surface area contributed by atoms with E-state index in [1.165, 1.54) is 7.11 Å². The summed E-state index contributed by atoms with van der Waals surface area (Å²) in [5.74, 6) is -0.481. The van der Waals surface area contributed by atoms with E-state index in [1.54, 1.807) is 6.92 Å². The Morgan fingerprint density at radius 2 is 2.36 bits per heavy atom. The quantitative estimate of drug-likeness (QED) is 0.469. The smallest absolute Gasteiger partial charge is 0.329 e. The first-order chi connectivity index (χ1) is 6.56. The topological polar surface area (TPSA) is 81.4 Å². The number of carbonyl (C=O) groups is 2. The lowest BCUT2D eigenvalue weighted by atomic mass is 9.71. The number of methoxy groups -OCH3 is 1. The van der Waals surface area contributed by atoms with Crippen LogP contribution in [0.2, 0.25) is 0 Å². The van der Waals surface area contributed by atoms with E-state index in [0.717, 1.165) is 6.42 Å². The first kappa shape index (κ1) is 11.0. The molecule has 5 heteroatoms. The van der Waals surface area contributed by atoms with Gasteiger partial charge in [0.15, 0.2) is 0 Å². The molecule has 0 spiro atoms. The fourth-order valence-corrected chi connectivity index (χ4v) is 1.67. The lowest BCUT2D eigenvalue weighted by Crippen LogP contribution is -2.69. The molecule has 80 valence electrons. The molecular formula is C9H16N2O3. The van der Waals surface area contributed by atoms with Crippen LogP contribution in [0.25, 0.3) is 0 Å². The van der Waals surface area contributed by atoms with Crippen molar-refractivity contribution in [2.24, 2.45) is 11.1 Å². The van der Waals surface area contributed by atoms with Crippen LogP contribution < -0.4 is 11.1 Å². The number of amides is 1. The van der Waals surface area contributed by atoms with Gasteiger partial charge in [0.2, 0.25) is 5.91 Å². The monoisotopic (exact) mass is 200 g/mol. The normalized spacial score (nSPS) is 30.5. The minimum Gasteiger partial charge on any atom is -0.467 e. The maximum Gasteiger partial charge on any atom is 0.329 e. The third-order valence-corrected chi connectivity index (χ3v) is 2.77. The van der Waals surface area contributed by atoms with Gasteiger partial charge in [-0.2, -0.15) is 0 Å². The molecule has 1 unspecified atom stereocenters. The average molecular weight is 200 g/mol.